The molecule has 0 bridgehead atoms. The molecule has 1 aliphatic rings. The Morgan fingerprint density at radius 1 is 1.11 bits per heavy atom. The first-order valence-electron chi connectivity index (χ1n) is 9.77. The van der Waals surface area contributed by atoms with Crippen LogP contribution < -0.4 is 4.90 Å². The van der Waals surface area contributed by atoms with Gasteiger partial charge in [0.05, 0.1) is 6.42 Å². The Kier molecular flexibility index (Phi) is 5.93. The van der Waals surface area contributed by atoms with Gasteiger partial charge in [0.2, 0.25) is 5.91 Å². The minimum atomic E-state index is 0.123. The number of carbonyl (C=O) groups is 1. The van der Waals surface area contributed by atoms with Crippen molar-refractivity contribution in [3.63, 3.8) is 0 Å². The summed E-state index contributed by atoms with van der Waals surface area (Å²) in [6, 6.07) is 14.1. The maximum Gasteiger partial charge on any atom is 0.227 e. The number of nitriles is 1. The largest absolute Gasteiger partial charge is 0.346 e. The number of hydrogen-bond donors (Lipinski definition) is 0. The predicted octanol–water partition coefficient (Wildman–Crippen LogP) is 3.14. The Bertz CT molecular complexity index is 842. The number of amides is 1. The topological polar surface area (TPSA) is 73.1 Å². The molecule has 6 nitrogen and oxygen atoms in total. The van der Waals surface area contributed by atoms with Gasteiger partial charge >= 0.3 is 0 Å². The van der Waals surface area contributed by atoms with E-state index in [2.05, 4.69) is 67.1 Å². The first-order chi connectivity index (χ1) is 13.4. The molecule has 0 unspecified atom stereocenters. The summed E-state index contributed by atoms with van der Waals surface area (Å²) in [5, 5.41) is 17.0. The van der Waals surface area contributed by atoms with Gasteiger partial charge < -0.3 is 9.80 Å². The molecule has 1 aromatic carbocycles. The second-order valence-electron chi connectivity index (χ2n) is 7.87. The van der Waals surface area contributed by atoms with Crippen LogP contribution in [0.5, 0.6) is 0 Å². The van der Waals surface area contributed by atoms with Crippen molar-refractivity contribution in [1.82, 2.24) is 15.1 Å². The highest BCUT2D eigenvalue weighted by Gasteiger charge is 2.32. The molecule has 1 aliphatic heterocycles. The van der Waals surface area contributed by atoms with Crippen LogP contribution in [-0.4, -0.2) is 46.2 Å². The molecule has 0 N–H and O–H groups in total. The van der Waals surface area contributed by atoms with Gasteiger partial charge in [-0.05, 0) is 43.0 Å². The third-order valence-corrected chi connectivity index (χ3v) is 5.30. The van der Waals surface area contributed by atoms with Crippen molar-refractivity contribution in [2.45, 2.75) is 52.1 Å². The molecule has 2 atom stereocenters. The Balaban J connectivity index is 1.65. The van der Waals surface area contributed by atoms with Gasteiger partial charge in [-0.3, -0.25) is 4.79 Å². The Morgan fingerprint density at radius 2 is 1.75 bits per heavy atom. The number of carbonyl (C=O) groups excluding carboxylic acids is 1. The SMILES string of the molecule is CC(C)c1ccc(CC(=O)N2C[C@@H](C)N(c3ccc(C#N)nn3)[C@@H](C)C2)cc1. The molecule has 146 valence electrons. The van der Waals surface area contributed by atoms with Gasteiger partial charge in [0.1, 0.15) is 6.07 Å². The Morgan fingerprint density at radius 3 is 2.25 bits per heavy atom. The molecule has 1 saturated heterocycles. The lowest BCUT2D eigenvalue weighted by Crippen LogP contribution is -2.58. The molecule has 1 aromatic heterocycles. The first kappa shape index (κ1) is 19.8. The number of benzene rings is 1. The maximum absolute atomic E-state index is 12.8. The van der Waals surface area contributed by atoms with Crippen LogP contribution in [0.25, 0.3) is 0 Å². The number of nitrogens with zero attached hydrogens (tertiary/aromatic N) is 5. The van der Waals surface area contributed by atoms with Crippen molar-refractivity contribution >= 4 is 11.7 Å². The Labute approximate surface area is 166 Å². The van der Waals surface area contributed by atoms with E-state index in [0.717, 1.165) is 11.4 Å². The van der Waals surface area contributed by atoms with E-state index in [-0.39, 0.29) is 18.0 Å². The number of aromatic nitrogens is 2. The van der Waals surface area contributed by atoms with E-state index in [4.69, 9.17) is 5.26 Å². The molecule has 28 heavy (non-hydrogen) atoms. The molecule has 3 rings (SSSR count). The summed E-state index contributed by atoms with van der Waals surface area (Å²) in [5.41, 5.74) is 2.65. The fraction of sp³-hybridized carbons (Fsp3) is 0.455. The molecule has 1 amide bonds. The van der Waals surface area contributed by atoms with Gasteiger partial charge in [0.15, 0.2) is 11.5 Å². The summed E-state index contributed by atoms with van der Waals surface area (Å²) in [4.78, 5) is 17.0. The van der Waals surface area contributed by atoms with Gasteiger partial charge in [-0.1, -0.05) is 38.1 Å². The maximum atomic E-state index is 12.8. The number of piperazine rings is 1. The smallest absolute Gasteiger partial charge is 0.227 e. The van der Waals surface area contributed by atoms with Gasteiger partial charge in [0, 0.05) is 25.2 Å². The molecule has 0 saturated carbocycles. The minimum absolute atomic E-state index is 0.123. The minimum Gasteiger partial charge on any atom is -0.346 e. The summed E-state index contributed by atoms with van der Waals surface area (Å²) in [7, 11) is 0. The van der Waals surface area contributed by atoms with Crippen LogP contribution in [0.1, 0.15) is 50.4 Å². The van der Waals surface area contributed by atoms with Crippen molar-refractivity contribution in [2.75, 3.05) is 18.0 Å². The second-order valence-corrected chi connectivity index (χ2v) is 7.87. The highest BCUT2D eigenvalue weighted by atomic mass is 16.2. The molecule has 0 spiro atoms. The zero-order valence-electron chi connectivity index (χ0n) is 17.0. The molecule has 1 fully saturated rings. The summed E-state index contributed by atoms with van der Waals surface area (Å²) >= 11 is 0. The van der Waals surface area contributed by atoms with Crippen LogP contribution >= 0.6 is 0 Å². The fourth-order valence-electron chi connectivity index (χ4n) is 3.81. The number of rotatable bonds is 4. The summed E-state index contributed by atoms with van der Waals surface area (Å²) in [6.07, 6.45) is 0.425. The van der Waals surface area contributed by atoms with E-state index in [1.54, 1.807) is 6.07 Å². The summed E-state index contributed by atoms with van der Waals surface area (Å²) < 4.78 is 0. The van der Waals surface area contributed by atoms with E-state index in [9.17, 15) is 4.79 Å². The standard InChI is InChI=1S/C22H27N5O/c1-15(2)19-7-5-18(6-8-19)11-22(28)26-13-16(3)27(17(4)14-26)21-10-9-20(12-23)24-25-21/h5-10,15-17H,11,13-14H2,1-4H3/t16-,17+. The van der Waals surface area contributed by atoms with Crippen molar-refractivity contribution < 1.29 is 4.79 Å². The van der Waals surface area contributed by atoms with E-state index in [0.29, 0.717) is 31.1 Å². The van der Waals surface area contributed by atoms with E-state index in [1.807, 2.05) is 17.0 Å². The van der Waals surface area contributed by atoms with Crippen LogP contribution in [0.2, 0.25) is 0 Å². The monoisotopic (exact) mass is 377 g/mol. The van der Waals surface area contributed by atoms with Crippen LogP contribution in [0.3, 0.4) is 0 Å². The molecule has 0 radical (unpaired) electrons. The van der Waals surface area contributed by atoms with E-state index >= 15 is 0 Å². The Hall–Kier alpha value is -2.94. The van der Waals surface area contributed by atoms with E-state index < -0.39 is 0 Å². The van der Waals surface area contributed by atoms with Crippen molar-refractivity contribution in [3.05, 3.63) is 53.2 Å². The number of hydrogen-bond acceptors (Lipinski definition) is 5. The lowest BCUT2D eigenvalue weighted by molar-refractivity contribution is -0.131. The molecule has 2 heterocycles. The van der Waals surface area contributed by atoms with Gasteiger partial charge in [0.25, 0.3) is 0 Å². The quantitative estimate of drug-likeness (QED) is 0.818. The van der Waals surface area contributed by atoms with Crippen LogP contribution in [0.4, 0.5) is 5.82 Å². The zero-order valence-corrected chi connectivity index (χ0v) is 17.0. The number of anilines is 1. The highest BCUT2D eigenvalue weighted by molar-refractivity contribution is 5.79. The van der Waals surface area contributed by atoms with E-state index in [1.165, 1.54) is 5.56 Å². The highest BCUT2D eigenvalue weighted by Crippen LogP contribution is 2.23. The normalized spacial score (nSPS) is 19.6. The van der Waals surface area contributed by atoms with Crippen LogP contribution in [0, 0.1) is 11.3 Å². The fourth-order valence-corrected chi connectivity index (χ4v) is 3.81. The molecular weight excluding hydrogens is 350 g/mol. The molecular formula is C22H27N5O. The van der Waals surface area contributed by atoms with Gasteiger partial charge in [-0.25, -0.2) is 0 Å². The van der Waals surface area contributed by atoms with Gasteiger partial charge in [-0.15, -0.1) is 10.2 Å². The zero-order chi connectivity index (χ0) is 20.3. The third-order valence-electron chi connectivity index (χ3n) is 5.30. The van der Waals surface area contributed by atoms with Crippen molar-refractivity contribution in [3.8, 4) is 6.07 Å². The molecule has 6 heteroatoms. The summed E-state index contributed by atoms with van der Waals surface area (Å²) in [6.45, 7) is 9.81. The third kappa shape index (κ3) is 4.30. The summed E-state index contributed by atoms with van der Waals surface area (Å²) in [5.74, 6) is 1.39. The van der Waals surface area contributed by atoms with Crippen LogP contribution in [0.15, 0.2) is 36.4 Å². The van der Waals surface area contributed by atoms with Crippen molar-refractivity contribution in [2.24, 2.45) is 0 Å². The average Bonchev–Trinajstić information content (AvgIpc) is 2.68. The average molecular weight is 377 g/mol. The lowest BCUT2D eigenvalue weighted by Gasteiger charge is -2.45. The van der Waals surface area contributed by atoms with Gasteiger partial charge in [-0.2, -0.15) is 5.26 Å². The lowest BCUT2D eigenvalue weighted by atomic mass is 10.0. The second kappa shape index (κ2) is 8.39. The van der Waals surface area contributed by atoms with Crippen LogP contribution in [-0.2, 0) is 11.2 Å². The first-order valence-corrected chi connectivity index (χ1v) is 9.77. The van der Waals surface area contributed by atoms with Crippen molar-refractivity contribution in [1.29, 1.82) is 5.26 Å². The predicted molar refractivity (Wildman–Crippen MR) is 109 cm³/mol. The molecule has 2 aromatic rings. The molecule has 0 aliphatic carbocycles.